The van der Waals surface area contributed by atoms with Gasteiger partial charge in [-0.2, -0.15) is 0 Å². The second-order valence-electron chi connectivity index (χ2n) is 7.77. The molecule has 0 radical (unpaired) electrons. The van der Waals surface area contributed by atoms with Gasteiger partial charge in [-0.3, -0.25) is 0 Å². The Labute approximate surface area is 178 Å². The number of benzene rings is 3. The van der Waals surface area contributed by atoms with Crippen molar-refractivity contribution in [1.82, 2.24) is 0 Å². The highest BCUT2D eigenvalue weighted by molar-refractivity contribution is 7.95. The SMILES string of the molecule is C=Cc1ccc([P+](CCCCCCCC)(c2ccccc2)c2ccccc2)cc1. The van der Waals surface area contributed by atoms with Crippen molar-refractivity contribution >= 4 is 29.3 Å². The summed E-state index contributed by atoms with van der Waals surface area (Å²) in [6, 6.07) is 31.6. The van der Waals surface area contributed by atoms with E-state index in [1.165, 1.54) is 66.2 Å². The van der Waals surface area contributed by atoms with Gasteiger partial charge in [0.25, 0.3) is 0 Å². The third kappa shape index (κ3) is 5.26. The Bertz CT molecular complexity index is 810. The first kappa shape index (κ1) is 21.5. The van der Waals surface area contributed by atoms with Crippen LogP contribution in [0, 0.1) is 0 Å². The lowest BCUT2D eigenvalue weighted by Crippen LogP contribution is -2.33. The van der Waals surface area contributed by atoms with Crippen molar-refractivity contribution in [3.05, 3.63) is 97.1 Å². The second kappa shape index (κ2) is 11.1. The first-order valence-electron chi connectivity index (χ1n) is 11.0. The molecular weight excluding hydrogens is 367 g/mol. The average molecular weight is 402 g/mol. The zero-order chi connectivity index (χ0) is 20.4. The largest absolute Gasteiger partial charge is 0.112 e. The van der Waals surface area contributed by atoms with Gasteiger partial charge in [0.05, 0.1) is 6.16 Å². The van der Waals surface area contributed by atoms with Crippen LogP contribution in [-0.2, 0) is 0 Å². The lowest BCUT2D eigenvalue weighted by Gasteiger charge is -2.28. The van der Waals surface area contributed by atoms with Crippen molar-refractivity contribution < 1.29 is 0 Å². The maximum atomic E-state index is 3.93. The summed E-state index contributed by atoms with van der Waals surface area (Å²) in [6.07, 6.45) is 11.2. The molecule has 0 aliphatic heterocycles. The quantitative estimate of drug-likeness (QED) is 0.240. The Kier molecular flexibility index (Phi) is 8.26. The fourth-order valence-corrected chi connectivity index (χ4v) is 8.58. The zero-order valence-corrected chi connectivity index (χ0v) is 18.7. The number of unbranched alkanes of at least 4 members (excludes halogenated alkanes) is 5. The fraction of sp³-hybridized carbons (Fsp3) is 0.286. The van der Waals surface area contributed by atoms with Gasteiger partial charge in [-0.05, 0) is 54.8 Å². The normalized spacial score (nSPS) is 11.3. The lowest BCUT2D eigenvalue weighted by atomic mass is 10.1. The molecule has 3 aromatic carbocycles. The molecule has 0 heterocycles. The minimum absolute atomic E-state index is 1.19. The number of hydrogen-bond acceptors (Lipinski definition) is 0. The van der Waals surface area contributed by atoms with E-state index in [4.69, 9.17) is 0 Å². The topological polar surface area (TPSA) is 0 Å². The summed E-state index contributed by atoms with van der Waals surface area (Å²) in [5, 5.41) is 4.46. The predicted molar refractivity (Wildman–Crippen MR) is 133 cm³/mol. The van der Waals surface area contributed by atoms with Crippen molar-refractivity contribution in [2.75, 3.05) is 6.16 Å². The van der Waals surface area contributed by atoms with Crippen LogP contribution in [0.1, 0.15) is 51.0 Å². The molecule has 3 aromatic rings. The molecule has 0 saturated carbocycles. The van der Waals surface area contributed by atoms with Crippen LogP contribution in [0.5, 0.6) is 0 Å². The maximum Gasteiger partial charge on any atom is 0.112 e. The van der Waals surface area contributed by atoms with Crippen molar-refractivity contribution in [3.63, 3.8) is 0 Å². The third-order valence-electron chi connectivity index (χ3n) is 5.81. The molecular formula is C28H34P+. The molecule has 29 heavy (non-hydrogen) atoms. The number of rotatable bonds is 11. The van der Waals surface area contributed by atoms with Gasteiger partial charge < -0.3 is 0 Å². The molecule has 0 N–H and O–H groups in total. The van der Waals surface area contributed by atoms with Gasteiger partial charge in [0.1, 0.15) is 23.2 Å². The smallest absolute Gasteiger partial charge is 0.0985 e. The minimum Gasteiger partial charge on any atom is -0.0985 e. The van der Waals surface area contributed by atoms with Crippen LogP contribution in [0.4, 0.5) is 0 Å². The van der Waals surface area contributed by atoms with E-state index >= 15 is 0 Å². The molecule has 3 rings (SSSR count). The Morgan fingerprint density at radius 3 is 1.62 bits per heavy atom. The first-order chi connectivity index (χ1) is 14.3. The maximum absolute atomic E-state index is 3.93. The molecule has 0 unspecified atom stereocenters. The summed E-state index contributed by atoms with van der Waals surface area (Å²) >= 11 is 0. The molecule has 0 bridgehead atoms. The number of hydrogen-bond donors (Lipinski definition) is 0. The van der Waals surface area contributed by atoms with E-state index < -0.39 is 7.26 Å². The Morgan fingerprint density at radius 1 is 0.621 bits per heavy atom. The Balaban J connectivity index is 2.02. The van der Waals surface area contributed by atoms with Crippen molar-refractivity contribution in [1.29, 1.82) is 0 Å². The lowest BCUT2D eigenvalue weighted by molar-refractivity contribution is 0.626. The van der Waals surface area contributed by atoms with Gasteiger partial charge in [-0.15, -0.1) is 0 Å². The third-order valence-corrected chi connectivity index (χ3v) is 10.3. The molecule has 0 aromatic heterocycles. The monoisotopic (exact) mass is 401 g/mol. The van der Waals surface area contributed by atoms with Gasteiger partial charge in [0.15, 0.2) is 0 Å². The van der Waals surface area contributed by atoms with Gasteiger partial charge in [-0.1, -0.05) is 93.8 Å². The molecule has 0 amide bonds. The van der Waals surface area contributed by atoms with Crippen LogP contribution in [0.3, 0.4) is 0 Å². The van der Waals surface area contributed by atoms with Gasteiger partial charge >= 0.3 is 0 Å². The van der Waals surface area contributed by atoms with Gasteiger partial charge in [0.2, 0.25) is 0 Å². The molecule has 1 heteroatoms. The summed E-state index contributed by atoms with van der Waals surface area (Å²) in [6.45, 7) is 6.22. The van der Waals surface area contributed by atoms with Crippen molar-refractivity contribution in [3.8, 4) is 0 Å². The Morgan fingerprint density at radius 2 is 1.10 bits per heavy atom. The molecule has 150 valence electrons. The molecule has 0 nitrogen and oxygen atoms in total. The second-order valence-corrected chi connectivity index (χ2v) is 11.4. The van der Waals surface area contributed by atoms with E-state index in [0.717, 1.165) is 0 Å². The van der Waals surface area contributed by atoms with Crippen LogP contribution in [0.25, 0.3) is 6.08 Å². The fourth-order valence-electron chi connectivity index (χ4n) is 4.19. The zero-order valence-electron chi connectivity index (χ0n) is 17.8. The Hall–Kier alpha value is -2.17. The molecule has 0 fully saturated rings. The summed E-state index contributed by atoms with van der Waals surface area (Å²) in [4.78, 5) is 0. The summed E-state index contributed by atoms with van der Waals surface area (Å²) in [7, 11) is -1.67. The average Bonchev–Trinajstić information content (AvgIpc) is 2.80. The van der Waals surface area contributed by atoms with Crippen molar-refractivity contribution in [2.45, 2.75) is 45.4 Å². The van der Waals surface area contributed by atoms with Crippen LogP contribution in [0.2, 0.25) is 0 Å². The van der Waals surface area contributed by atoms with E-state index in [1.807, 2.05) is 6.08 Å². The summed E-state index contributed by atoms with van der Waals surface area (Å²) < 4.78 is 0. The molecule has 0 atom stereocenters. The van der Waals surface area contributed by atoms with Crippen LogP contribution < -0.4 is 15.9 Å². The van der Waals surface area contributed by atoms with E-state index in [9.17, 15) is 0 Å². The van der Waals surface area contributed by atoms with Crippen LogP contribution in [0.15, 0.2) is 91.5 Å². The van der Waals surface area contributed by atoms with Gasteiger partial charge in [0, 0.05) is 0 Å². The first-order valence-corrected chi connectivity index (χ1v) is 13.0. The molecule has 0 aliphatic carbocycles. The summed E-state index contributed by atoms with van der Waals surface area (Å²) in [5.74, 6) is 0. The highest BCUT2D eigenvalue weighted by Gasteiger charge is 2.44. The molecule has 0 aliphatic rings. The minimum atomic E-state index is -1.67. The van der Waals surface area contributed by atoms with E-state index in [0.29, 0.717) is 0 Å². The molecule has 0 saturated heterocycles. The van der Waals surface area contributed by atoms with E-state index in [2.05, 4.69) is 98.4 Å². The predicted octanol–water partition coefficient (Wildman–Crippen LogP) is 6.98. The van der Waals surface area contributed by atoms with E-state index in [1.54, 1.807) is 0 Å². The standard InChI is InChI=1S/C28H34P/c1-3-5-6-7-8-15-24-29(26-16-11-9-12-17-26,27-18-13-10-14-19-27)28-22-20-25(4-2)21-23-28/h4,9-14,16-23H,2-3,5-8,15,24H2,1H3/q+1. The molecule has 0 spiro atoms. The van der Waals surface area contributed by atoms with Crippen LogP contribution in [-0.4, -0.2) is 6.16 Å². The highest BCUT2D eigenvalue weighted by atomic mass is 31.2. The summed E-state index contributed by atoms with van der Waals surface area (Å²) in [5.41, 5.74) is 1.19. The van der Waals surface area contributed by atoms with Crippen molar-refractivity contribution in [2.24, 2.45) is 0 Å². The highest BCUT2D eigenvalue weighted by Crippen LogP contribution is 2.56. The van der Waals surface area contributed by atoms with Crippen LogP contribution >= 0.6 is 7.26 Å². The van der Waals surface area contributed by atoms with Gasteiger partial charge in [-0.25, -0.2) is 0 Å². The van der Waals surface area contributed by atoms with E-state index in [-0.39, 0.29) is 0 Å².